The molecule has 1 aliphatic carbocycles. The molecule has 27 heavy (non-hydrogen) atoms. The number of nitrogens with zero attached hydrogens (tertiary/aromatic N) is 4. The summed E-state index contributed by atoms with van der Waals surface area (Å²) in [5, 5.41) is 3.69. The lowest BCUT2D eigenvalue weighted by Gasteiger charge is -2.10. The number of amides is 1. The molecular weight excluding hydrogens is 362 g/mol. The molecule has 8 heteroatoms. The zero-order chi connectivity index (χ0) is 18.6. The highest BCUT2D eigenvalue weighted by molar-refractivity contribution is 7.18. The first-order chi connectivity index (χ1) is 13.2. The molecule has 142 valence electrons. The van der Waals surface area contributed by atoms with Crippen molar-refractivity contribution in [2.75, 3.05) is 6.54 Å². The zero-order valence-electron chi connectivity index (χ0n) is 15.2. The summed E-state index contributed by atoms with van der Waals surface area (Å²) in [6.45, 7) is 1.80. The average molecular weight is 385 g/mol. The highest BCUT2D eigenvalue weighted by atomic mass is 32.1. The van der Waals surface area contributed by atoms with Gasteiger partial charge in [-0.15, -0.1) is 11.3 Å². The third kappa shape index (κ3) is 3.95. The van der Waals surface area contributed by atoms with Gasteiger partial charge in [-0.2, -0.15) is 0 Å². The highest BCUT2D eigenvalue weighted by Gasteiger charge is 2.20. The lowest BCUT2D eigenvalue weighted by Crippen LogP contribution is -2.28. The van der Waals surface area contributed by atoms with Gasteiger partial charge < -0.3 is 9.88 Å². The molecule has 1 aliphatic rings. The molecule has 1 amide bonds. The standard InChI is InChI=1S/C19H23N5O2S/c25-16(21-7-3-9-23-11-8-20-12-23)6-10-24-13-22-18-17(19(24)26)14-4-1-2-5-15(14)27-18/h8,11-13H,1-7,9-10H2,(H,21,25). The number of hydrogen-bond donors (Lipinski definition) is 1. The first kappa shape index (κ1) is 17.9. The van der Waals surface area contributed by atoms with Crippen molar-refractivity contribution in [3.8, 4) is 0 Å². The summed E-state index contributed by atoms with van der Waals surface area (Å²) >= 11 is 1.65. The van der Waals surface area contributed by atoms with E-state index in [1.165, 1.54) is 16.9 Å². The van der Waals surface area contributed by atoms with Crippen LogP contribution in [0.5, 0.6) is 0 Å². The number of carbonyl (C=O) groups excluding carboxylic acids is 1. The lowest BCUT2D eigenvalue weighted by atomic mass is 9.97. The summed E-state index contributed by atoms with van der Waals surface area (Å²) in [5.41, 5.74) is 1.18. The summed E-state index contributed by atoms with van der Waals surface area (Å²) in [5.74, 6) is -0.0417. The molecule has 3 heterocycles. The van der Waals surface area contributed by atoms with Gasteiger partial charge in [-0.05, 0) is 37.7 Å². The van der Waals surface area contributed by atoms with Crippen LogP contribution in [0.3, 0.4) is 0 Å². The van der Waals surface area contributed by atoms with Crippen molar-refractivity contribution in [1.82, 2.24) is 24.4 Å². The van der Waals surface area contributed by atoms with E-state index in [-0.39, 0.29) is 17.9 Å². The minimum atomic E-state index is -0.0417. The maximum absolute atomic E-state index is 12.9. The van der Waals surface area contributed by atoms with Crippen molar-refractivity contribution >= 4 is 27.5 Å². The Kier molecular flexibility index (Phi) is 5.33. The van der Waals surface area contributed by atoms with Gasteiger partial charge in [-0.25, -0.2) is 9.97 Å². The van der Waals surface area contributed by atoms with Crippen LogP contribution in [-0.2, 0) is 30.7 Å². The van der Waals surface area contributed by atoms with E-state index in [9.17, 15) is 9.59 Å². The Morgan fingerprint density at radius 3 is 2.96 bits per heavy atom. The molecule has 3 aromatic heterocycles. The number of hydrogen-bond acceptors (Lipinski definition) is 5. The Morgan fingerprint density at radius 1 is 1.22 bits per heavy atom. The number of nitrogens with one attached hydrogen (secondary N) is 1. The van der Waals surface area contributed by atoms with Gasteiger partial charge in [0.15, 0.2) is 0 Å². The molecule has 0 atom stereocenters. The third-order valence-corrected chi connectivity index (χ3v) is 6.20. The van der Waals surface area contributed by atoms with Crippen molar-refractivity contribution in [1.29, 1.82) is 0 Å². The van der Waals surface area contributed by atoms with Crippen LogP contribution in [0.15, 0.2) is 29.8 Å². The summed E-state index contributed by atoms with van der Waals surface area (Å²) in [7, 11) is 0. The largest absolute Gasteiger partial charge is 0.356 e. The predicted molar refractivity (Wildman–Crippen MR) is 105 cm³/mol. The monoisotopic (exact) mass is 385 g/mol. The molecule has 0 unspecified atom stereocenters. The Hall–Kier alpha value is -2.48. The number of aryl methyl sites for hydroxylation is 4. The number of carbonyl (C=O) groups is 1. The fraction of sp³-hybridized carbons (Fsp3) is 0.474. The molecule has 0 bridgehead atoms. The molecule has 3 aromatic rings. The number of rotatable bonds is 7. The van der Waals surface area contributed by atoms with E-state index >= 15 is 0 Å². The minimum Gasteiger partial charge on any atom is -0.356 e. The summed E-state index contributed by atoms with van der Waals surface area (Å²) in [6, 6.07) is 0. The lowest BCUT2D eigenvalue weighted by molar-refractivity contribution is -0.121. The SMILES string of the molecule is O=C(CCn1cnc2sc3c(c2c1=O)CCCC3)NCCCn1ccnc1. The maximum Gasteiger partial charge on any atom is 0.262 e. The van der Waals surface area contributed by atoms with E-state index in [4.69, 9.17) is 0 Å². The smallest absolute Gasteiger partial charge is 0.262 e. The second kappa shape index (κ2) is 8.04. The molecule has 7 nitrogen and oxygen atoms in total. The van der Waals surface area contributed by atoms with Gasteiger partial charge in [0.25, 0.3) is 5.56 Å². The van der Waals surface area contributed by atoms with E-state index in [1.807, 2.05) is 10.8 Å². The predicted octanol–water partition coefficient (Wildman–Crippen LogP) is 2.13. The summed E-state index contributed by atoms with van der Waals surface area (Å²) in [4.78, 5) is 35.5. The molecule has 0 spiro atoms. The quantitative estimate of drug-likeness (QED) is 0.632. The first-order valence-electron chi connectivity index (χ1n) is 9.44. The van der Waals surface area contributed by atoms with Gasteiger partial charge in [0, 0.05) is 43.3 Å². The summed E-state index contributed by atoms with van der Waals surface area (Å²) < 4.78 is 3.56. The van der Waals surface area contributed by atoms with Crippen LogP contribution in [0.25, 0.3) is 10.2 Å². The third-order valence-electron chi connectivity index (χ3n) is 5.00. The van der Waals surface area contributed by atoms with Crippen molar-refractivity contribution in [3.05, 3.63) is 45.8 Å². The van der Waals surface area contributed by atoms with Crippen molar-refractivity contribution < 1.29 is 4.79 Å². The molecule has 4 rings (SSSR count). The molecule has 1 N–H and O–H groups in total. The molecule has 0 aliphatic heterocycles. The van der Waals surface area contributed by atoms with Gasteiger partial charge >= 0.3 is 0 Å². The zero-order valence-corrected chi connectivity index (χ0v) is 16.0. The van der Waals surface area contributed by atoms with Gasteiger partial charge in [0.05, 0.1) is 18.0 Å². The number of imidazole rings is 1. The minimum absolute atomic E-state index is 0.00712. The van der Waals surface area contributed by atoms with Gasteiger partial charge in [0.1, 0.15) is 4.83 Å². The van der Waals surface area contributed by atoms with Crippen LogP contribution in [0.2, 0.25) is 0 Å². The van der Waals surface area contributed by atoms with Crippen LogP contribution in [0.4, 0.5) is 0 Å². The van der Waals surface area contributed by atoms with E-state index < -0.39 is 0 Å². The fourth-order valence-electron chi connectivity index (χ4n) is 3.56. The van der Waals surface area contributed by atoms with Gasteiger partial charge in [-0.1, -0.05) is 0 Å². The van der Waals surface area contributed by atoms with Crippen LogP contribution in [0, 0.1) is 0 Å². The van der Waals surface area contributed by atoms with Crippen LogP contribution < -0.4 is 10.9 Å². The Balaban J connectivity index is 1.34. The maximum atomic E-state index is 12.9. The molecule has 0 saturated heterocycles. The van der Waals surface area contributed by atoms with Crippen molar-refractivity contribution in [2.45, 2.75) is 51.6 Å². The normalized spacial score (nSPS) is 13.6. The van der Waals surface area contributed by atoms with Gasteiger partial charge in [-0.3, -0.25) is 14.2 Å². The topological polar surface area (TPSA) is 81.8 Å². The second-order valence-electron chi connectivity index (χ2n) is 6.89. The molecule has 0 saturated carbocycles. The molecule has 0 radical (unpaired) electrons. The highest BCUT2D eigenvalue weighted by Crippen LogP contribution is 2.33. The number of thiophene rings is 1. The second-order valence-corrected chi connectivity index (χ2v) is 7.97. The van der Waals surface area contributed by atoms with Crippen LogP contribution >= 0.6 is 11.3 Å². The first-order valence-corrected chi connectivity index (χ1v) is 10.3. The molecule has 0 aromatic carbocycles. The Bertz CT molecular complexity index is 990. The van der Waals surface area contributed by atoms with Crippen molar-refractivity contribution in [2.24, 2.45) is 0 Å². The molecular formula is C19H23N5O2S. The Labute approximate surface area is 161 Å². The van der Waals surface area contributed by atoms with Crippen LogP contribution in [0.1, 0.15) is 36.1 Å². The van der Waals surface area contributed by atoms with Gasteiger partial charge in [0.2, 0.25) is 5.91 Å². The van der Waals surface area contributed by atoms with Crippen LogP contribution in [-0.4, -0.2) is 31.6 Å². The Morgan fingerprint density at radius 2 is 2.11 bits per heavy atom. The van der Waals surface area contributed by atoms with Crippen molar-refractivity contribution in [3.63, 3.8) is 0 Å². The van der Waals surface area contributed by atoms with E-state index in [0.29, 0.717) is 13.1 Å². The van der Waals surface area contributed by atoms with E-state index in [0.717, 1.165) is 42.4 Å². The number of fused-ring (bicyclic) bond motifs is 3. The van der Waals surface area contributed by atoms with E-state index in [2.05, 4.69) is 15.3 Å². The summed E-state index contributed by atoms with van der Waals surface area (Å²) in [6.07, 6.45) is 12.5. The van der Waals surface area contributed by atoms with E-state index in [1.54, 1.807) is 34.8 Å². The number of aromatic nitrogens is 4. The average Bonchev–Trinajstić information content (AvgIpc) is 3.32. The fourth-order valence-corrected chi connectivity index (χ4v) is 4.78. The molecule has 0 fully saturated rings.